The molecule has 8 heteroatoms. The molecule has 0 atom stereocenters. The lowest BCUT2D eigenvalue weighted by Crippen LogP contribution is -2.35. The Balaban J connectivity index is 1.78. The maximum atomic E-state index is 14.0. The Morgan fingerprint density at radius 3 is 2.52 bits per heavy atom. The number of anilines is 2. The summed E-state index contributed by atoms with van der Waals surface area (Å²) >= 11 is 6.00. The standard InChI is InChI=1S/C15H18ClF3N4/c1-12(2)7-23(10-8(12)9(20-3)21-11(16)22-10)14-4-13(14,5-14)15(18,19)6-17/h4-7H2,1-3H3,(H,20,21,22). The molecule has 4 nitrogen and oxygen atoms in total. The second-order valence-electron chi connectivity index (χ2n) is 7.57. The van der Waals surface area contributed by atoms with Gasteiger partial charge in [-0.05, 0) is 24.4 Å². The molecule has 1 aromatic heterocycles. The normalized spacial score (nSPS) is 33.3. The van der Waals surface area contributed by atoms with E-state index in [4.69, 9.17) is 11.6 Å². The van der Waals surface area contributed by atoms with Crippen molar-refractivity contribution in [1.82, 2.24) is 9.97 Å². The fraction of sp³-hybridized carbons (Fsp3) is 0.733. The van der Waals surface area contributed by atoms with Crippen molar-refractivity contribution in [3.8, 4) is 0 Å². The second kappa shape index (κ2) is 4.05. The van der Waals surface area contributed by atoms with E-state index in [9.17, 15) is 13.2 Å². The van der Waals surface area contributed by atoms with E-state index in [0.29, 0.717) is 31.0 Å². The number of hydrogen-bond donors (Lipinski definition) is 1. The van der Waals surface area contributed by atoms with Crippen LogP contribution in [0, 0.1) is 5.41 Å². The fourth-order valence-electron chi connectivity index (χ4n) is 4.36. The molecule has 0 spiro atoms. The first kappa shape index (κ1) is 15.3. The molecule has 2 fully saturated rings. The van der Waals surface area contributed by atoms with E-state index in [1.807, 2.05) is 18.7 Å². The van der Waals surface area contributed by atoms with Crippen LogP contribution in [0.2, 0.25) is 5.28 Å². The summed E-state index contributed by atoms with van der Waals surface area (Å²) in [4.78, 5) is 10.4. The Kier molecular flexibility index (Phi) is 2.69. The molecule has 0 unspecified atom stereocenters. The third kappa shape index (κ3) is 1.64. The van der Waals surface area contributed by atoms with Crippen molar-refractivity contribution in [2.24, 2.45) is 5.41 Å². The van der Waals surface area contributed by atoms with Crippen LogP contribution in [0.15, 0.2) is 0 Å². The highest BCUT2D eigenvalue weighted by molar-refractivity contribution is 6.28. The van der Waals surface area contributed by atoms with E-state index >= 15 is 0 Å². The van der Waals surface area contributed by atoms with E-state index in [-0.39, 0.29) is 10.7 Å². The van der Waals surface area contributed by atoms with Gasteiger partial charge in [-0.25, -0.2) is 23.1 Å². The highest BCUT2D eigenvalue weighted by Gasteiger charge is 2.95. The lowest BCUT2D eigenvalue weighted by atomic mass is 9.88. The number of halogens is 4. The molecule has 2 heterocycles. The average Bonchev–Trinajstić information content (AvgIpc) is 3.28. The van der Waals surface area contributed by atoms with Crippen molar-refractivity contribution in [2.45, 2.75) is 43.6 Å². The average molecular weight is 347 g/mol. The monoisotopic (exact) mass is 346 g/mol. The molecule has 126 valence electrons. The number of nitrogens with zero attached hydrogens (tertiary/aromatic N) is 3. The van der Waals surface area contributed by atoms with Crippen molar-refractivity contribution < 1.29 is 13.2 Å². The predicted molar refractivity (Wildman–Crippen MR) is 82.3 cm³/mol. The van der Waals surface area contributed by atoms with Gasteiger partial charge in [0.2, 0.25) is 5.28 Å². The maximum Gasteiger partial charge on any atom is 0.283 e. The van der Waals surface area contributed by atoms with Gasteiger partial charge in [-0.15, -0.1) is 0 Å². The number of aromatic nitrogens is 2. The van der Waals surface area contributed by atoms with Crippen LogP contribution in [0.3, 0.4) is 0 Å². The van der Waals surface area contributed by atoms with E-state index in [0.717, 1.165) is 5.56 Å². The lowest BCUT2D eigenvalue weighted by Gasteiger charge is -2.24. The van der Waals surface area contributed by atoms with Crippen molar-refractivity contribution in [1.29, 1.82) is 0 Å². The van der Waals surface area contributed by atoms with Crippen LogP contribution in [0.4, 0.5) is 24.8 Å². The predicted octanol–water partition coefficient (Wildman–Crippen LogP) is 3.41. The first-order valence-electron chi connectivity index (χ1n) is 7.61. The zero-order valence-electron chi connectivity index (χ0n) is 13.2. The molecule has 2 aliphatic carbocycles. The largest absolute Gasteiger partial charge is 0.373 e. The molecule has 1 aliphatic heterocycles. The van der Waals surface area contributed by atoms with Crippen molar-refractivity contribution in [2.75, 3.05) is 30.5 Å². The van der Waals surface area contributed by atoms with Gasteiger partial charge in [-0.1, -0.05) is 13.8 Å². The van der Waals surface area contributed by atoms with E-state index in [1.54, 1.807) is 7.05 Å². The number of fused-ring (bicyclic) bond motifs is 2. The number of rotatable bonds is 4. The number of hydrogen-bond acceptors (Lipinski definition) is 4. The first-order valence-corrected chi connectivity index (χ1v) is 7.99. The minimum absolute atomic E-state index is 0.0800. The van der Waals surface area contributed by atoms with Crippen LogP contribution >= 0.6 is 11.6 Å². The third-order valence-corrected chi connectivity index (χ3v) is 5.97. The molecular weight excluding hydrogens is 329 g/mol. The third-order valence-electron chi connectivity index (χ3n) is 5.80. The van der Waals surface area contributed by atoms with Gasteiger partial charge in [-0.2, -0.15) is 0 Å². The smallest absolute Gasteiger partial charge is 0.283 e. The van der Waals surface area contributed by atoms with Gasteiger partial charge in [0.05, 0.1) is 11.0 Å². The minimum Gasteiger partial charge on any atom is -0.373 e. The lowest BCUT2D eigenvalue weighted by molar-refractivity contribution is -0.0669. The molecule has 2 saturated carbocycles. The van der Waals surface area contributed by atoms with Gasteiger partial charge in [0.25, 0.3) is 5.92 Å². The van der Waals surface area contributed by atoms with E-state index in [1.165, 1.54) is 0 Å². The molecule has 3 aliphatic rings. The van der Waals surface area contributed by atoms with Crippen LogP contribution in [0.5, 0.6) is 0 Å². The second-order valence-corrected chi connectivity index (χ2v) is 7.90. The first-order chi connectivity index (χ1) is 10.6. The summed E-state index contributed by atoms with van der Waals surface area (Å²) in [7, 11) is 1.74. The number of alkyl halides is 3. The summed E-state index contributed by atoms with van der Waals surface area (Å²) in [5.74, 6) is -2.05. The molecule has 0 aromatic carbocycles. The number of nitrogens with one attached hydrogen (secondary N) is 1. The molecule has 1 aromatic rings. The minimum atomic E-state index is -3.28. The van der Waals surface area contributed by atoms with Crippen LogP contribution < -0.4 is 10.2 Å². The zero-order chi connectivity index (χ0) is 16.8. The topological polar surface area (TPSA) is 41.1 Å². The van der Waals surface area contributed by atoms with Gasteiger partial charge < -0.3 is 10.2 Å². The maximum absolute atomic E-state index is 14.0. The van der Waals surface area contributed by atoms with Gasteiger partial charge in [0.1, 0.15) is 11.6 Å². The van der Waals surface area contributed by atoms with E-state index < -0.39 is 23.6 Å². The van der Waals surface area contributed by atoms with Crippen molar-refractivity contribution in [3.63, 3.8) is 0 Å². The summed E-state index contributed by atoms with van der Waals surface area (Å²) in [5.41, 5.74) is -1.32. The molecule has 4 rings (SSSR count). The summed E-state index contributed by atoms with van der Waals surface area (Å²) < 4.78 is 40.8. The Labute approximate surface area is 137 Å². The zero-order valence-corrected chi connectivity index (χ0v) is 13.9. The Morgan fingerprint density at radius 2 is 1.96 bits per heavy atom. The summed E-state index contributed by atoms with van der Waals surface area (Å²) in [5, 5.41) is 3.09. The quantitative estimate of drug-likeness (QED) is 0.848. The Morgan fingerprint density at radius 1 is 1.30 bits per heavy atom. The van der Waals surface area contributed by atoms with Crippen LogP contribution in [0.1, 0.15) is 32.3 Å². The molecule has 0 radical (unpaired) electrons. The van der Waals surface area contributed by atoms with Crippen LogP contribution in [-0.4, -0.2) is 41.7 Å². The fourth-order valence-corrected chi connectivity index (χ4v) is 4.52. The highest BCUT2D eigenvalue weighted by atomic mass is 35.5. The van der Waals surface area contributed by atoms with Crippen LogP contribution in [-0.2, 0) is 5.41 Å². The van der Waals surface area contributed by atoms with Gasteiger partial charge in [-0.3, -0.25) is 0 Å². The van der Waals surface area contributed by atoms with Crippen molar-refractivity contribution in [3.05, 3.63) is 10.8 Å². The summed E-state index contributed by atoms with van der Waals surface area (Å²) in [6.45, 7) is 3.00. The van der Waals surface area contributed by atoms with Gasteiger partial charge in [0, 0.05) is 24.6 Å². The molecule has 0 amide bonds. The molecular formula is C15H18ClF3N4. The SMILES string of the molecule is CNc1nc(Cl)nc2c1C(C)(C)CN2C12CC1(C(F)(F)CF)C2. The molecule has 0 saturated heterocycles. The summed E-state index contributed by atoms with van der Waals surface area (Å²) in [6, 6.07) is 0. The Hall–Kier alpha value is -1.24. The van der Waals surface area contributed by atoms with Crippen LogP contribution in [0.25, 0.3) is 0 Å². The molecule has 23 heavy (non-hydrogen) atoms. The van der Waals surface area contributed by atoms with E-state index in [2.05, 4.69) is 15.3 Å². The van der Waals surface area contributed by atoms with Gasteiger partial charge in [0.15, 0.2) is 6.67 Å². The molecule has 0 bridgehead atoms. The van der Waals surface area contributed by atoms with Crippen molar-refractivity contribution >= 4 is 23.2 Å². The Bertz CT molecular complexity index is 700. The van der Waals surface area contributed by atoms with Gasteiger partial charge >= 0.3 is 0 Å². The molecule has 1 N–H and O–H groups in total. The highest BCUT2D eigenvalue weighted by Crippen LogP contribution is 2.87. The summed E-state index contributed by atoms with van der Waals surface area (Å²) in [6.07, 6.45) is 0.617.